The summed E-state index contributed by atoms with van der Waals surface area (Å²) in [6.45, 7) is 4.35. The second-order valence-electron chi connectivity index (χ2n) is 4.37. The van der Waals surface area contributed by atoms with E-state index in [2.05, 4.69) is 10.6 Å². The smallest absolute Gasteiger partial charge is 0.251 e. The lowest BCUT2D eigenvalue weighted by molar-refractivity contribution is 0.0287. The first-order valence-electron chi connectivity index (χ1n) is 6.03. The van der Waals surface area contributed by atoms with Crippen LogP contribution in [0.5, 0.6) is 0 Å². The minimum absolute atomic E-state index is 0.00393. The van der Waals surface area contributed by atoms with Crippen LogP contribution in [0, 0.1) is 12.7 Å². The third kappa shape index (κ3) is 3.27. The highest BCUT2D eigenvalue weighted by Gasteiger charge is 2.15. The van der Waals surface area contributed by atoms with Crippen LogP contribution in [0.3, 0.4) is 0 Å². The minimum Gasteiger partial charge on any atom is -0.374 e. The number of benzene rings is 1. The van der Waals surface area contributed by atoms with Gasteiger partial charge in [0.2, 0.25) is 0 Å². The molecule has 1 aliphatic rings. The summed E-state index contributed by atoms with van der Waals surface area (Å²) in [6.07, 6.45) is 0.00393. The molecule has 0 aromatic heterocycles. The summed E-state index contributed by atoms with van der Waals surface area (Å²) in [4.78, 5) is 11.8. The maximum Gasteiger partial charge on any atom is 0.251 e. The van der Waals surface area contributed by atoms with Crippen molar-refractivity contribution < 1.29 is 13.9 Å². The second kappa shape index (κ2) is 5.93. The summed E-state index contributed by atoms with van der Waals surface area (Å²) in [5, 5.41) is 5.98. The summed E-state index contributed by atoms with van der Waals surface area (Å²) in [7, 11) is 0. The van der Waals surface area contributed by atoms with Gasteiger partial charge in [0, 0.05) is 25.2 Å². The fourth-order valence-electron chi connectivity index (χ4n) is 1.85. The maximum absolute atomic E-state index is 13.1. The predicted molar refractivity (Wildman–Crippen MR) is 66.1 cm³/mol. The molecular weight excluding hydrogens is 235 g/mol. The average molecular weight is 252 g/mol. The molecular formula is C13H17FN2O2. The third-order valence-electron chi connectivity index (χ3n) is 2.91. The fourth-order valence-corrected chi connectivity index (χ4v) is 1.85. The Hall–Kier alpha value is -1.46. The van der Waals surface area contributed by atoms with Gasteiger partial charge in [-0.15, -0.1) is 0 Å². The molecule has 2 rings (SSSR count). The number of ether oxygens (including phenoxy) is 1. The van der Waals surface area contributed by atoms with Gasteiger partial charge in [-0.2, -0.15) is 0 Å². The Labute approximate surface area is 106 Å². The minimum atomic E-state index is -0.300. The SMILES string of the molecule is Cc1cc(C(=O)NCC2CNCCO2)ccc1F. The molecule has 1 amide bonds. The van der Waals surface area contributed by atoms with Crippen LogP contribution in [0.2, 0.25) is 0 Å². The molecule has 1 unspecified atom stereocenters. The molecule has 0 radical (unpaired) electrons. The maximum atomic E-state index is 13.1. The highest BCUT2D eigenvalue weighted by molar-refractivity contribution is 5.94. The van der Waals surface area contributed by atoms with Gasteiger partial charge in [0.15, 0.2) is 0 Å². The zero-order chi connectivity index (χ0) is 13.0. The van der Waals surface area contributed by atoms with Crippen LogP contribution in [0.25, 0.3) is 0 Å². The van der Waals surface area contributed by atoms with Crippen LogP contribution in [-0.4, -0.2) is 38.3 Å². The Bertz CT molecular complexity index is 431. The van der Waals surface area contributed by atoms with Gasteiger partial charge in [-0.25, -0.2) is 4.39 Å². The zero-order valence-corrected chi connectivity index (χ0v) is 10.3. The van der Waals surface area contributed by atoms with Gasteiger partial charge in [0.1, 0.15) is 5.82 Å². The molecule has 0 saturated carbocycles. The van der Waals surface area contributed by atoms with Crippen LogP contribution in [0.15, 0.2) is 18.2 Å². The van der Waals surface area contributed by atoms with E-state index in [4.69, 9.17) is 4.74 Å². The topological polar surface area (TPSA) is 50.4 Å². The van der Waals surface area contributed by atoms with E-state index in [9.17, 15) is 9.18 Å². The van der Waals surface area contributed by atoms with Crippen LogP contribution >= 0.6 is 0 Å². The molecule has 1 atom stereocenters. The average Bonchev–Trinajstić information content (AvgIpc) is 2.40. The first-order valence-corrected chi connectivity index (χ1v) is 6.03. The lowest BCUT2D eigenvalue weighted by Crippen LogP contribution is -2.45. The molecule has 1 heterocycles. The van der Waals surface area contributed by atoms with E-state index in [0.717, 1.165) is 13.1 Å². The molecule has 2 N–H and O–H groups in total. The molecule has 1 saturated heterocycles. The first-order chi connectivity index (χ1) is 8.66. The number of carbonyl (C=O) groups excluding carboxylic acids is 1. The quantitative estimate of drug-likeness (QED) is 0.838. The van der Waals surface area contributed by atoms with Crippen molar-refractivity contribution in [1.82, 2.24) is 10.6 Å². The molecule has 1 aliphatic heterocycles. The number of rotatable bonds is 3. The number of morpholine rings is 1. The first kappa shape index (κ1) is 13.0. The Kier molecular flexibility index (Phi) is 4.28. The number of aryl methyl sites for hydroxylation is 1. The summed E-state index contributed by atoms with van der Waals surface area (Å²) in [6, 6.07) is 4.34. The van der Waals surface area contributed by atoms with Crippen molar-refractivity contribution in [2.45, 2.75) is 13.0 Å². The molecule has 1 fully saturated rings. The lowest BCUT2D eigenvalue weighted by atomic mass is 10.1. The molecule has 5 heteroatoms. The van der Waals surface area contributed by atoms with E-state index < -0.39 is 0 Å². The van der Waals surface area contributed by atoms with E-state index in [0.29, 0.717) is 24.3 Å². The van der Waals surface area contributed by atoms with Gasteiger partial charge in [0.05, 0.1) is 12.7 Å². The molecule has 4 nitrogen and oxygen atoms in total. The van der Waals surface area contributed by atoms with Crippen molar-refractivity contribution in [1.29, 1.82) is 0 Å². The van der Waals surface area contributed by atoms with Crippen LogP contribution in [-0.2, 0) is 4.74 Å². The normalized spacial score (nSPS) is 19.6. The van der Waals surface area contributed by atoms with Crippen molar-refractivity contribution in [3.05, 3.63) is 35.1 Å². The molecule has 0 aliphatic carbocycles. The standard InChI is InChI=1S/C13H17FN2O2/c1-9-6-10(2-3-12(9)14)13(17)16-8-11-7-15-4-5-18-11/h2-3,6,11,15H,4-5,7-8H2,1H3,(H,16,17). The van der Waals surface area contributed by atoms with Crippen molar-refractivity contribution >= 4 is 5.91 Å². The Morgan fingerprint density at radius 2 is 2.44 bits per heavy atom. The molecule has 1 aromatic carbocycles. The van der Waals surface area contributed by atoms with Gasteiger partial charge in [-0.3, -0.25) is 4.79 Å². The highest BCUT2D eigenvalue weighted by atomic mass is 19.1. The Balaban J connectivity index is 1.88. The number of nitrogens with one attached hydrogen (secondary N) is 2. The molecule has 18 heavy (non-hydrogen) atoms. The van der Waals surface area contributed by atoms with E-state index >= 15 is 0 Å². The van der Waals surface area contributed by atoms with Gasteiger partial charge in [-0.1, -0.05) is 0 Å². The number of halogens is 1. The molecule has 1 aromatic rings. The van der Waals surface area contributed by atoms with Crippen molar-refractivity contribution in [3.8, 4) is 0 Å². The number of hydrogen-bond donors (Lipinski definition) is 2. The summed E-state index contributed by atoms with van der Waals surface area (Å²) >= 11 is 0. The van der Waals surface area contributed by atoms with Crippen LogP contribution < -0.4 is 10.6 Å². The number of carbonyl (C=O) groups is 1. The molecule has 0 bridgehead atoms. The van der Waals surface area contributed by atoms with Gasteiger partial charge < -0.3 is 15.4 Å². The van der Waals surface area contributed by atoms with E-state index in [-0.39, 0.29) is 17.8 Å². The van der Waals surface area contributed by atoms with E-state index in [1.165, 1.54) is 12.1 Å². The van der Waals surface area contributed by atoms with Crippen molar-refractivity contribution in [2.24, 2.45) is 0 Å². The predicted octanol–water partition coefficient (Wildman–Crippen LogP) is 0.852. The summed E-state index contributed by atoms with van der Waals surface area (Å²) < 4.78 is 18.5. The van der Waals surface area contributed by atoms with Gasteiger partial charge in [0.25, 0.3) is 5.91 Å². The number of hydrogen-bond acceptors (Lipinski definition) is 3. The van der Waals surface area contributed by atoms with Crippen molar-refractivity contribution in [3.63, 3.8) is 0 Å². The van der Waals surface area contributed by atoms with Gasteiger partial charge >= 0.3 is 0 Å². The van der Waals surface area contributed by atoms with Crippen molar-refractivity contribution in [2.75, 3.05) is 26.2 Å². The third-order valence-corrected chi connectivity index (χ3v) is 2.91. The Morgan fingerprint density at radius 1 is 1.61 bits per heavy atom. The zero-order valence-electron chi connectivity index (χ0n) is 10.3. The largest absolute Gasteiger partial charge is 0.374 e. The van der Waals surface area contributed by atoms with E-state index in [1.807, 2.05) is 0 Å². The second-order valence-corrected chi connectivity index (χ2v) is 4.37. The fraction of sp³-hybridized carbons (Fsp3) is 0.462. The Morgan fingerprint density at radius 3 is 3.11 bits per heavy atom. The monoisotopic (exact) mass is 252 g/mol. The summed E-state index contributed by atoms with van der Waals surface area (Å²) in [5.41, 5.74) is 0.941. The van der Waals surface area contributed by atoms with Crippen LogP contribution in [0.4, 0.5) is 4.39 Å². The molecule has 0 spiro atoms. The highest BCUT2D eigenvalue weighted by Crippen LogP contribution is 2.09. The summed E-state index contributed by atoms with van der Waals surface area (Å²) in [5.74, 6) is -0.501. The van der Waals surface area contributed by atoms with Crippen LogP contribution in [0.1, 0.15) is 15.9 Å². The lowest BCUT2D eigenvalue weighted by Gasteiger charge is -2.23. The van der Waals surface area contributed by atoms with E-state index in [1.54, 1.807) is 13.0 Å². The molecule has 98 valence electrons. The number of amides is 1. The van der Waals surface area contributed by atoms with Gasteiger partial charge in [-0.05, 0) is 30.7 Å².